The molecule has 0 amide bonds. The number of aromatic nitrogens is 2. The van der Waals surface area contributed by atoms with Gasteiger partial charge in [0.2, 0.25) is 0 Å². The van der Waals surface area contributed by atoms with Gasteiger partial charge in [0.15, 0.2) is 0 Å². The van der Waals surface area contributed by atoms with Crippen LogP contribution in [0.5, 0.6) is 0 Å². The number of imidazole rings is 1. The minimum absolute atomic E-state index is 0.0427. The van der Waals surface area contributed by atoms with Gasteiger partial charge < -0.3 is 4.57 Å². The molecule has 7 heteroatoms. The fraction of sp³-hybridized carbons (Fsp3) is 0.727. The second-order valence-corrected chi connectivity index (χ2v) is 4.26. The normalized spacial score (nSPS) is 13.8. The van der Waals surface area contributed by atoms with Crippen LogP contribution in [0.15, 0.2) is 12.4 Å². The second kappa shape index (κ2) is 6.75. The molecule has 1 aromatic rings. The van der Waals surface area contributed by atoms with E-state index in [0.29, 0.717) is 6.42 Å². The van der Waals surface area contributed by atoms with E-state index in [2.05, 4.69) is 10.4 Å². The maximum atomic E-state index is 12.1. The molecule has 0 aliphatic rings. The molecule has 3 N–H and O–H groups in total. The number of hydrogen-bond donors (Lipinski definition) is 2. The van der Waals surface area contributed by atoms with Crippen LogP contribution in [0, 0.1) is 0 Å². The van der Waals surface area contributed by atoms with Gasteiger partial charge in [-0.2, -0.15) is 13.2 Å². The predicted molar refractivity (Wildman–Crippen MR) is 62.6 cm³/mol. The first-order valence-corrected chi connectivity index (χ1v) is 5.99. The zero-order chi connectivity index (χ0) is 13.6. The third-order valence-electron chi connectivity index (χ3n) is 2.71. The highest BCUT2D eigenvalue weighted by atomic mass is 19.4. The van der Waals surface area contributed by atoms with Gasteiger partial charge in [0.25, 0.3) is 0 Å². The molecule has 0 spiro atoms. The number of nitrogens with two attached hydrogens (primary N) is 1. The molecule has 0 saturated heterocycles. The molecular formula is C11H19F3N4. The van der Waals surface area contributed by atoms with Gasteiger partial charge in [0.1, 0.15) is 5.82 Å². The third-order valence-corrected chi connectivity index (χ3v) is 2.71. The molecule has 0 radical (unpaired) electrons. The van der Waals surface area contributed by atoms with Gasteiger partial charge in [-0.15, -0.1) is 0 Å². The van der Waals surface area contributed by atoms with Crippen molar-refractivity contribution in [1.82, 2.24) is 15.0 Å². The quantitative estimate of drug-likeness (QED) is 0.585. The van der Waals surface area contributed by atoms with Crippen LogP contribution in [0.2, 0.25) is 0 Å². The van der Waals surface area contributed by atoms with Crippen molar-refractivity contribution in [3.05, 3.63) is 18.2 Å². The van der Waals surface area contributed by atoms with E-state index in [1.807, 2.05) is 17.7 Å². The van der Waals surface area contributed by atoms with E-state index in [-0.39, 0.29) is 6.42 Å². The van der Waals surface area contributed by atoms with Crippen molar-refractivity contribution in [3.8, 4) is 0 Å². The van der Waals surface area contributed by atoms with Crippen LogP contribution in [0.1, 0.15) is 32.0 Å². The summed E-state index contributed by atoms with van der Waals surface area (Å²) in [4.78, 5) is 4.15. The highest BCUT2D eigenvalue weighted by Gasteiger charge is 2.28. The van der Waals surface area contributed by atoms with Crippen LogP contribution in [0.4, 0.5) is 13.2 Å². The Morgan fingerprint density at radius 1 is 1.50 bits per heavy atom. The van der Waals surface area contributed by atoms with Crippen molar-refractivity contribution in [2.45, 2.75) is 51.4 Å². The van der Waals surface area contributed by atoms with E-state index < -0.39 is 18.6 Å². The Morgan fingerprint density at radius 3 is 2.78 bits per heavy atom. The Balaban J connectivity index is 2.54. The van der Waals surface area contributed by atoms with E-state index >= 15 is 0 Å². The zero-order valence-corrected chi connectivity index (χ0v) is 10.4. The molecule has 0 fully saturated rings. The summed E-state index contributed by atoms with van der Waals surface area (Å²) < 4.78 is 38.4. The Labute approximate surface area is 104 Å². The van der Waals surface area contributed by atoms with Crippen molar-refractivity contribution in [2.75, 3.05) is 0 Å². The Kier molecular flexibility index (Phi) is 5.61. The van der Waals surface area contributed by atoms with E-state index in [1.54, 1.807) is 6.20 Å². The zero-order valence-electron chi connectivity index (χ0n) is 10.4. The lowest BCUT2D eigenvalue weighted by molar-refractivity contribution is -0.136. The van der Waals surface area contributed by atoms with Crippen LogP contribution in [-0.4, -0.2) is 21.8 Å². The minimum Gasteiger partial charge on any atom is -0.335 e. The summed E-state index contributed by atoms with van der Waals surface area (Å²) in [6.07, 6.45) is -0.187. The molecule has 1 heterocycles. The molecule has 0 aliphatic heterocycles. The maximum absolute atomic E-state index is 12.1. The average Bonchev–Trinajstić information content (AvgIpc) is 2.71. The van der Waals surface area contributed by atoms with E-state index in [9.17, 15) is 13.2 Å². The molecule has 1 aromatic heterocycles. The van der Waals surface area contributed by atoms with Crippen molar-refractivity contribution in [1.29, 1.82) is 0 Å². The molecule has 0 saturated carbocycles. The van der Waals surface area contributed by atoms with Crippen molar-refractivity contribution >= 4 is 0 Å². The van der Waals surface area contributed by atoms with E-state index in [4.69, 9.17) is 5.84 Å². The largest absolute Gasteiger partial charge is 0.389 e. The van der Waals surface area contributed by atoms with Gasteiger partial charge in [-0.1, -0.05) is 6.92 Å². The van der Waals surface area contributed by atoms with Crippen LogP contribution in [-0.2, 0) is 13.0 Å². The predicted octanol–water partition coefficient (Wildman–Crippen LogP) is 2.01. The lowest BCUT2D eigenvalue weighted by Gasteiger charge is -2.17. The first-order chi connectivity index (χ1) is 8.46. The number of hydrazine groups is 1. The van der Waals surface area contributed by atoms with Crippen LogP contribution in [0.25, 0.3) is 0 Å². The summed E-state index contributed by atoms with van der Waals surface area (Å²) in [5.74, 6) is 6.05. The number of nitrogens with one attached hydrogen (secondary N) is 1. The first-order valence-electron chi connectivity index (χ1n) is 5.99. The van der Waals surface area contributed by atoms with Gasteiger partial charge in [-0.3, -0.25) is 11.3 Å². The van der Waals surface area contributed by atoms with Crippen LogP contribution >= 0.6 is 0 Å². The van der Waals surface area contributed by atoms with Crippen LogP contribution in [0.3, 0.4) is 0 Å². The summed E-state index contributed by atoms with van der Waals surface area (Å²) in [6, 6.07) is -0.412. The summed E-state index contributed by atoms with van der Waals surface area (Å²) in [7, 11) is 0. The summed E-state index contributed by atoms with van der Waals surface area (Å²) >= 11 is 0. The molecule has 18 heavy (non-hydrogen) atoms. The minimum atomic E-state index is -4.14. The van der Waals surface area contributed by atoms with Gasteiger partial charge in [0.05, 0.1) is 0 Å². The van der Waals surface area contributed by atoms with Crippen molar-refractivity contribution in [3.63, 3.8) is 0 Å². The fourth-order valence-corrected chi connectivity index (χ4v) is 1.78. The van der Waals surface area contributed by atoms with Gasteiger partial charge in [-0.25, -0.2) is 4.98 Å². The Morgan fingerprint density at radius 2 is 2.22 bits per heavy atom. The van der Waals surface area contributed by atoms with Crippen molar-refractivity contribution in [2.24, 2.45) is 5.84 Å². The average molecular weight is 264 g/mol. The topological polar surface area (TPSA) is 55.9 Å². The molecule has 0 aromatic carbocycles. The first kappa shape index (κ1) is 15.0. The number of alkyl halides is 3. The second-order valence-electron chi connectivity index (χ2n) is 4.26. The number of nitrogens with zero attached hydrogens (tertiary/aromatic N) is 2. The van der Waals surface area contributed by atoms with E-state index in [1.165, 1.54) is 0 Å². The lowest BCUT2D eigenvalue weighted by atomic mass is 10.1. The standard InChI is InChI=1S/C11H19F3N4/c1-2-6-18-7-5-16-10(18)8-9(17-15)3-4-11(12,13)14/h5,7,9,17H,2-4,6,8,15H2,1H3. The summed E-state index contributed by atoms with van der Waals surface area (Å²) in [6.45, 7) is 2.85. The highest BCUT2D eigenvalue weighted by Crippen LogP contribution is 2.22. The highest BCUT2D eigenvalue weighted by molar-refractivity contribution is 4.95. The van der Waals surface area contributed by atoms with Gasteiger partial charge >= 0.3 is 6.18 Å². The Bertz CT molecular complexity index is 348. The molecule has 104 valence electrons. The van der Waals surface area contributed by atoms with Gasteiger partial charge in [-0.05, 0) is 12.8 Å². The van der Waals surface area contributed by atoms with Crippen molar-refractivity contribution < 1.29 is 13.2 Å². The molecule has 4 nitrogen and oxygen atoms in total. The number of rotatable bonds is 7. The maximum Gasteiger partial charge on any atom is 0.389 e. The number of aryl methyl sites for hydroxylation is 1. The molecular weight excluding hydrogens is 245 g/mol. The molecule has 0 bridgehead atoms. The fourth-order valence-electron chi connectivity index (χ4n) is 1.78. The molecule has 1 atom stereocenters. The SMILES string of the molecule is CCCn1ccnc1CC(CCC(F)(F)F)NN. The van der Waals surface area contributed by atoms with Gasteiger partial charge in [0, 0.05) is 37.8 Å². The number of hydrogen-bond acceptors (Lipinski definition) is 3. The van der Waals surface area contributed by atoms with Crippen LogP contribution < -0.4 is 11.3 Å². The Hall–Kier alpha value is -1.08. The smallest absolute Gasteiger partial charge is 0.335 e. The monoisotopic (exact) mass is 264 g/mol. The van der Waals surface area contributed by atoms with E-state index in [0.717, 1.165) is 18.8 Å². The molecule has 0 aliphatic carbocycles. The lowest BCUT2D eigenvalue weighted by Crippen LogP contribution is -2.38. The number of halogens is 3. The molecule has 1 rings (SSSR count). The summed E-state index contributed by atoms with van der Waals surface area (Å²) in [5, 5.41) is 0. The molecule has 1 unspecified atom stereocenters. The third kappa shape index (κ3) is 5.05. The summed E-state index contributed by atoms with van der Waals surface area (Å²) in [5.41, 5.74) is 2.43.